The Bertz CT molecular complexity index is 509. The largest absolute Gasteiger partial charge is 0.256 e. The first-order valence-electron chi connectivity index (χ1n) is 5.97. The van der Waals surface area contributed by atoms with Crippen molar-refractivity contribution in [3.8, 4) is 0 Å². The summed E-state index contributed by atoms with van der Waals surface area (Å²) in [5.74, 6) is 0. The highest BCUT2D eigenvalue weighted by Crippen LogP contribution is 2.13. The Morgan fingerprint density at radius 3 is 2.47 bits per heavy atom. The smallest absolute Gasteiger partial charge is 0.0630 e. The van der Waals surface area contributed by atoms with E-state index in [9.17, 15) is 0 Å². The molecule has 0 amide bonds. The summed E-state index contributed by atoms with van der Waals surface area (Å²) in [6, 6.07) is 16.7. The van der Waals surface area contributed by atoms with E-state index in [1.54, 1.807) is 0 Å². The van der Waals surface area contributed by atoms with Crippen molar-refractivity contribution in [3.05, 3.63) is 65.2 Å². The zero-order valence-electron chi connectivity index (χ0n) is 10.4. The molecule has 2 rings (SSSR count). The molecule has 0 unspecified atom stereocenters. The average Bonchev–Trinajstić information content (AvgIpc) is 2.37. The fourth-order valence-corrected chi connectivity index (χ4v) is 1.72. The molecule has 17 heavy (non-hydrogen) atoms. The summed E-state index contributed by atoms with van der Waals surface area (Å²) in [7, 11) is 0. The quantitative estimate of drug-likeness (QED) is 0.688. The number of benzene rings is 2. The van der Waals surface area contributed by atoms with Crippen molar-refractivity contribution in [3.63, 3.8) is 0 Å². The first-order chi connectivity index (χ1) is 8.28. The number of hydrogen-bond donors (Lipinski definition) is 0. The molecule has 2 aromatic carbocycles. The second kappa shape index (κ2) is 5.44. The minimum atomic E-state index is 1.00. The van der Waals surface area contributed by atoms with Crippen LogP contribution in [0.3, 0.4) is 0 Å². The van der Waals surface area contributed by atoms with E-state index < -0.39 is 0 Å². The van der Waals surface area contributed by atoms with Crippen LogP contribution in [0.4, 0.5) is 5.69 Å². The van der Waals surface area contributed by atoms with Gasteiger partial charge in [0.15, 0.2) is 0 Å². The highest BCUT2D eigenvalue weighted by atomic mass is 14.7. The second-order valence-electron chi connectivity index (χ2n) is 4.19. The number of aryl methyl sites for hydroxylation is 2. The maximum atomic E-state index is 4.47. The molecule has 0 bridgehead atoms. The van der Waals surface area contributed by atoms with E-state index >= 15 is 0 Å². The Hall–Kier alpha value is -1.89. The Morgan fingerprint density at radius 1 is 1.06 bits per heavy atom. The van der Waals surface area contributed by atoms with Gasteiger partial charge in [0, 0.05) is 6.21 Å². The minimum Gasteiger partial charge on any atom is -0.256 e. The predicted octanol–water partition coefficient (Wildman–Crippen LogP) is 4.31. The molecule has 0 aliphatic rings. The molecule has 0 spiro atoms. The molecule has 0 fully saturated rings. The summed E-state index contributed by atoms with van der Waals surface area (Å²) >= 11 is 0. The monoisotopic (exact) mass is 223 g/mol. The molecule has 1 nitrogen and oxygen atoms in total. The third kappa shape index (κ3) is 3.28. The van der Waals surface area contributed by atoms with E-state index in [4.69, 9.17) is 0 Å². The lowest BCUT2D eigenvalue weighted by Gasteiger charge is -1.98. The van der Waals surface area contributed by atoms with Gasteiger partial charge in [0.05, 0.1) is 5.69 Å². The van der Waals surface area contributed by atoms with Crippen LogP contribution in [0.1, 0.15) is 23.6 Å². The number of nitrogens with zero attached hydrogens (tertiary/aromatic N) is 1. The lowest BCUT2D eigenvalue weighted by Crippen LogP contribution is -1.82. The molecule has 0 radical (unpaired) electrons. The van der Waals surface area contributed by atoms with Crippen molar-refractivity contribution in [1.29, 1.82) is 0 Å². The van der Waals surface area contributed by atoms with Crippen LogP contribution in [0.5, 0.6) is 0 Å². The topological polar surface area (TPSA) is 12.4 Å². The summed E-state index contributed by atoms with van der Waals surface area (Å²) in [6.07, 6.45) is 2.98. The third-order valence-corrected chi connectivity index (χ3v) is 2.75. The van der Waals surface area contributed by atoms with Crippen molar-refractivity contribution >= 4 is 11.9 Å². The van der Waals surface area contributed by atoms with E-state index in [2.05, 4.69) is 67.4 Å². The Balaban J connectivity index is 2.14. The highest BCUT2D eigenvalue weighted by molar-refractivity contribution is 5.82. The van der Waals surface area contributed by atoms with Gasteiger partial charge in [-0.2, -0.15) is 0 Å². The van der Waals surface area contributed by atoms with E-state index in [0.717, 1.165) is 17.7 Å². The van der Waals surface area contributed by atoms with Crippen LogP contribution in [-0.4, -0.2) is 6.21 Å². The number of rotatable bonds is 3. The maximum absolute atomic E-state index is 4.47. The molecular formula is C16H17N. The molecule has 0 N–H and O–H groups in total. The molecule has 0 saturated carbocycles. The lowest BCUT2D eigenvalue weighted by molar-refractivity contribution is 1.14. The van der Waals surface area contributed by atoms with E-state index in [-0.39, 0.29) is 0 Å². The Labute approximate surface area is 103 Å². The molecular weight excluding hydrogens is 206 g/mol. The number of aliphatic imine (C=N–C) groups is 1. The number of hydrogen-bond acceptors (Lipinski definition) is 1. The van der Waals surface area contributed by atoms with Gasteiger partial charge in [-0.1, -0.05) is 48.9 Å². The highest BCUT2D eigenvalue weighted by Gasteiger charge is 1.91. The van der Waals surface area contributed by atoms with Gasteiger partial charge in [0.1, 0.15) is 0 Å². The van der Waals surface area contributed by atoms with E-state index in [0.29, 0.717) is 0 Å². The molecule has 1 heteroatoms. The van der Waals surface area contributed by atoms with Crippen molar-refractivity contribution < 1.29 is 0 Å². The molecule has 0 heterocycles. The minimum absolute atomic E-state index is 1.00. The summed E-state index contributed by atoms with van der Waals surface area (Å²) in [5.41, 5.74) is 4.75. The van der Waals surface area contributed by atoms with Gasteiger partial charge < -0.3 is 0 Å². The second-order valence-corrected chi connectivity index (χ2v) is 4.19. The van der Waals surface area contributed by atoms with Gasteiger partial charge in [0.2, 0.25) is 0 Å². The van der Waals surface area contributed by atoms with E-state index in [1.807, 2.05) is 6.21 Å². The summed E-state index contributed by atoms with van der Waals surface area (Å²) < 4.78 is 0. The van der Waals surface area contributed by atoms with Gasteiger partial charge in [-0.3, -0.25) is 4.99 Å². The van der Waals surface area contributed by atoms with Crippen molar-refractivity contribution in [2.75, 3.05) is 0 Å². The van der Waals surface area contributed by atoms with E-state index in [1.165, 1.54) is 11.1 Å². The molecule has 86 valence electrons. The summed E-state index contributed by atoms with van der Waals surface area (Å²) in [4.78, 5) is 4.47. The molecule has 0 atom stereocenters. The van der Waals surface area contributed by atoms with Crippen LogP contribution < -0.4 is 0 Å². The maximum Gasteiger partial charge on any atom is 0.0630 e. The Morgan fingerprint density at radius 2 is 1.82 bits per heavy atom. The molecule has 0 saturated heterocycles. The fraction of sp³-hybridized carbons (Fsp3) is 0.188. The lowest BCUT2D eigenvalue weighted by atomic mass is 10.1. The molecule has 0 aliphatic carbocycles. The van der Waals surface area contributed by atoms with Crippen LogP contribution >= 0.6 is 0 Å². The van der Waals surface area contributed by atoms with Gasteiger partial charge in [-0.25, -0.2) is 0 Å². The van der Waals surface area contributed by atoms with Gasteiger partial charge in [0.25, 0.3) is 0 Å². The van der Waals surface area contributed by atoms with Crippen LogP contribution in [0, 0.1) is 6.92 Å². The van der Waals surface area contributed by atoms with Crippen LogP contribution in [0.2, 0.25) is 0 Å². The molecule has 0 aromatic heterocycles. The molecule has 0 aliphatic heterocycles. The molecule has 2 aromatic rings. The van der Waals surface area contributed by atoms with Gasteiger partial charge >= 0.3 is 0 Å². The fourth-order valence-electron chi connectivity index (χ4n) is 1.72. The van der Waals surface area contributed by atoms with Gasteiger partial charge in [-0.05, 0) is 36.6 Å². The predicted molar refractivity (Wildman–Crippen MR) is 74.3 cm³/mol. The van der Waals surface area contributed by atoms with Crippen molar-refractivity contribution in [2.45, 2.75) is 20.3 Å². The first kappa shape index (κ1) is 11.6. The van der Waals surface area contributed by atoms with Crippen molar-refractivity contribution in [1.82, 2.24) is 0 Å². The Kier molecular flexibility index (Phi) is 3.71. The van der Waals surface area contributed by atoms with Crippen molar-refractivity contribution in [2.24, 2.45) is 4.99 Å². The zero-order chi connectivity index (χ0) is 12.1. The van der Waals surface area contributed by atoms with Crippen LogP contribution in [-0.2, 0) is 6.42 Å². The van der Waals surface area contributed by atoms with Gasteiger partial charge in [-0.15, -0.1) is 0 Å². The standard InChI is InChI=1S/C16H17N/c1-3-14-7-9-16(10-8-14)17-12-15-6-4-5-13(2)11-15/h4-12H,3H2,1-2H3. The zero-order valence-corrected chi connectivity index (χ0v) is 10.4. The normalized spacial score (nSPS) is 10.9. The summed E-state index contributed by atoms with van der Waals surface area (Å²) in [6.45, 7) is 4.25. The SMILES string of the molecule is CCc1ccc(N=Cc2cccc(C)c2)cc1. The summed E-state index contributed by atoms with van der Waals surface area (Å²) in [5, 5.41) is 0. The first-order valence-corrected chi connectivity index (χ1v) is 5.97. The van der Waals surface area contributed by atoms with Crippen LogP contribution in [0.15, 0.2) is 53.5 Å². The van der Waals surface area contributed by atoms with Crippen LogP contribution in [0.25, 0.3) is 0 Å². The third-order valence-electron chi connectivity index (χ3n) is 2.75. The average molecular weight is 223 g/mol.